The Kier molecular flexibility index (Phi) is 5.48. The van der Waals surface area contributed by atoms with E-state index in [2.05, 4.69) is 14.8 Å². The van der Waals surface area contributed by atoms with Gasteiger partial charge in [-0.3, -0.25) is 4.79 Å². The van der Waals surface area contributed by atoms with Gasteiger partial charge < -0.3 is 14.9 Å². The van der Waals surface area contributed by atoms with Gasteiger partial charge in [-0.1, -0.05) is 17.3 Å². The second kappa shape index (κ2) is 7.56. The Morgan fingerprint density at radius 2 is 2.05 bits per heavy atom. The topological polar surface area (TPSA) is 72.8 Å². The number of nitrogens with zero attached hydrogens (tertiary/aromatic N) is 2. The largest absolute Gasteiger partial charge is 0.480 e. The van der Waals surface area contributed by atoms with Crippen LogP contribution < -0.4 is 10.1 Å². The van der Waals surface area contributed by atoms with Crippen LogP contribution >= 0.6 is 11.5 Å². The molecule has 1 heterocycles. The monoisotopic (exact) mass is 319 g/mol. The number of methoxy groups -OCH3 is 1. The number of hydrogen-bond acceptors (Lipinski definition) is 6. The Morgan fingerprint density at radius 3 is 2.64 bits per heavy atom. The van der Waals surface area contributed by atoms with Crippen LogP contribution in [0.2, 0.25) is 0 Å². The molecule has 22 heavy (non-hydrogen) atoms. The molecule has 0 atom stereocenters. The highest BCUT2D eigenvalue weighted by Crippen LogP contribution is 2.17. The summed E-state index contributed by atoms with van der Waals surface area (Å²) in [7, 11) is 1.58. The van der Waals surface area contributed by atoms with Crippen molar-refractivity contribution in [2.75, 3.05) is 12.4 Å². The van der Waals surface area contributed by atoms with E-state index < -0.39 is 0 Å². The van der Waals surface area contributed by atoms with Gasteiger partial charge in [-0.15, -0.1) is 0 Å². The molecule has 1 N–H and O–H groups in total. The highest BCUT2D eigenvalue weighted by atomic mass is 32.1. The summed E-state index contributed by atoms with van der Waals surface area (Å²) in [6.07, 6.45) is 0. The molecule has 0 fully saturated rings. The van der Waals surface area contributed by atoms with Crippen molar-refractivity contribution in [3.05, 3.63) is 40.8 Å². The van der Waals surface area contributed by atoms with Crippen LogP contribution in [0.1, 0.15) is 24.3 Å². The Hall–Kier alpha value is -2.41. The Morgan fingerprint density at radius 1 is 1.32 bits per heavy atom. The lowest BCUT2D eigenvalue weighted by molar-refractivity contribution is -0.114. The number of carbonyl (C=O) groups excluding carboxylic acids is 1. The van der Waals surface area contributed by atoms with Gasteiger partial charge in [-0.25, -0.2) is 0 Å². The molecule has 116 valence electrons. The fourth-order valence-corrected chi connectivity index (χ4v) is 2.30. The van der Waals surface area contributed by atoms with Crippen molar-refractivity contribution in [1.82, 2.24) is 4.37 Å². The van der Waals surface area contributed by atoms with Gasteiger partial charge in [0.15, 0.2) is 6.61 Å². The molecular formula is C15H17N3O3S. The fourth-order valence-electron chi connectivity index (χ4n) is 1.70. The molecule has 0 aliphatic rings. The summed E-state index contributed by atoms with van der Waals surface area (Å²) in [6.45, 7) is 3.69. The number of amides is 1. The van der Waals surface area contributed by atoms with Crippen molar-refractivity contribution in [3.63, 3.8) is 0 Å². The van der Waals surface area contributed by atoms with Crippen molar-refractivity contribution in [2.24, 2.45) is 5.16 Å². The van der Waals surface area contributed by atoms with E-state index in [1.807, 2.05) is 37.3 Å². The average Bonchev–Trinajstić information content (AvgIpc) is 2.95. The third kappa shape index (κ3) is 4.56. The average molecular weight is 319 g/mol. The molecule has 1 aromatic carbocycles. The summed E-state index contributed by atoms with van der Waals surface area (Å²) in [5.74, 6) is 0.485. The molecule has 1 aromatic heterocycles. The summed E-state index contributed by atoms with van der Waals surface area (Å²) < 4.78 is 9.09. The van der Waals surface area contributed by atoms with Crippen LogP contribution in [0.15, 0.2) is 35.5 Å². The predicted octanol–water partition coefficient (Wildman–Crippen LogP) is 3.05. The minimum atomic E-state index is -0.0959. The zero-order chi connectivity index (χ0) is 15.9. The summed E-state index contributed by atoms with van der Waals surface area (Å²) in [5.41, 5.74) is 2.43. The van der Waals surface area contributed by atoms with Crippen LogP contribution in [0, 0.1) is 0 Å². The number of hydrogen-bond donors (Lipinski definition) is 1. The van der Waals surface area contributed by atoms with E-state index >= 15 is 0 Å². The standard InChI is InChI=1S/C15H17N3O3S/c1-10(12-4-6-13(7-5-12)16-11(2)19)17-21-9-14-8-15(20-3)18-22-14/h4-8H,9H2,1-3H3,(H,16,19)/b17-10-. The number of nitrogens with one attached hydrogen (secondary N) is 1. The van der Waals surface area contributed by atoms with Gasteiger partial charge in [-0.05, 0) is 36.2 Å². The zero-order valence-corrected chi connectivity index (χ0v) is 13.4. The molecule has 0 saturated carbocycles. The molecule has 7 heteroatoms. The van der Waals surface area contributed by atoms with E-state index in [0.717, 1.165) is 21.8 Å². The quantitative estimate of drug-likeness (QED) is 0.656. The lowest BCUT2D eigenvalue weighted by Crippen LogP contribution is -2.06. The second-order valence-electron chi connectivity index (χ2n) is 4.54. The van der Waals surface area contributed by atoms with E-state index in [4.69, 9.17) is 9.57 Å². The Labute approximate surface area is 132 Å². The molecule has 6 nitrogen and oxygen atoms in total. The van der Waals surface area contributed by atoms with Crippen molar-refractivity contribution in [1.29, 1.82) is 0 Å². The van der Waals surface area contributed by atoms with Crippen LogP contribution in [-0.2, 0) is 16.2 Å². The molecule has 0 radical (unpaired) electrons. The molecule has 1 amide bonds. The second-order valence-corrected chi connectivity index (χ2v) is 5.43. The number of rotatable bonds is 6. The minimum Gasteiger partial charge on any atom is -0.480 e. The molecule has 0 aliphatic heterocycles. The first-order valence-electron chi connectivity index (χ1n) is 6.62. The molecule has 2 rings (SSSR count). The third-order valence-electron chi connectivity index (χ3n) is 2.78. The summed E-state index contributed by atoms with van der Waals surface area (Å²) in [5, 5.41) is 6.80. The van der Waals surface area contributed by atoms with Crippen LogP contribution in [-0.4, -0.2) is 23.1 Å². The predicted molar refractivity (Wildman–Crippen MR) is 86.4 cm³/mol. The first kappa shape index (κ1) is 16.0. The number of benzene rings is 1. The molecule has 2 aromatic rings. The van der Waals surface area contributed by atoms with Gasteiger partial charge in [0.1, 0.15) is 0 Å². The minimum absolute atomic E-state index is 0.0959. The van der Waals surface area contributed by atoms with E-state index in [1.165, 1.54) is 18.5 Å². The van der Waals surface area contributed by atoms with E-state index in [0.29, 0.717) is 12.5 Å². The van der Waals surface area contributed by atoms with E-state index in [9.17, 15) is 4.79 Å². The van der Waals surface area contributed by atoms with Crippen LogP contribution in [0.3, 0.4) is 0 Å². The first-order valence-corrected chi connectivity index (χ1v) is 7.40. The lowest BCUT2D eigenvalue weighted by Gasteiger charge is -2.04. The molecule has 0 aliphatic carbocycles. The van der Waals surface area contributed by atoms with Gasteiger partial charge in [0.2, 0.25) is 11.8 Å². The van der Waals surface area contributed by atoms with E-state index in [1.54, 1.807) is 7.11 Å². The Balaban J connectivity index is 1.92. The number of ether oxygens (including phenoxy) is 1. The molecule has 0 saturated heterocycles. The number of anilines is 1. The number of oxime groups is 1. The van der Waals surface area contributed by atoms with Crippen molar-refractivity contribution in [2.45, 2.75) is 20.5 Å². The highest BCUT2D eigenvalue weighted by Gasteiger charge is 2.03. The first-order chi connectivity index (χ1) is 10.6. The van der Waals surface area contributed by atoms with Gasteiger partial charge >= 0.3 is 0 Å². The van der Waals surface area contributed by atoms with Crippen LogP contribution in [0.25, 0.3) is 0 Å². The smallest absolute Gasteiger partial charge is 0.225 e. The van der Waals surface area contributed by atoms with Crippen molar-refractivity contribution < 1.29 is 14.4 Å². The van der Waals surface area contributed by atoms with Crippen LogP contribution in [0.5, 0.6) is 5.88 Å². The maximum absolute atomic E-state index is 11.0. The number of aromatic nitrogens is 1. The number of carbonyl (C=O) groups is 1. The third-order valence-corrected chi connectivity index (χ3v) is 3.52. The lowest BCUT2D eigenvalue weighted by atomic mass is 10.1. The SMILES string of the molecule is COc1cc(CO/N=C(/C)c2ccc(NC(C)=O)cc2)sn1. The molecular weight excluding hydrogens is 302 g/mol. The summed E-state index contributed by atoms with van der Waals surface area (Å²) in [6, 6.07) is 9.22. The van der Waals surface area contributed by atoms with Gasteiger partial charge in [0.25, 0.3) is 0 Å². The fraction of sp³-hybridized carbons (Fsp3) is 0.267. The molecule has 0 unspecified atom stereocenters. The highest BCUT2D eigenvalue weighted by molar-refractivity contribution is 7.05. The normalized spacial score (nSPS) is 11.1. The maximum Gasteiger partial charge on any atom is 0.225 e. The van der Waals surface area contributed by atoms with Gasteiger partial charge in [0.05, 0.1) is 17.7 Å². The van der Waals surface area contributed by atoms with Gasteiger partial charge in [-0.2, -0.15) is 4.37 Å². The van der Waals surface area contributed by atoms with Crippen LogP contribution in [0.4, 0.5) is 5.69 Å². The van der Waals surface area contributed by atoms with Crippen molar-refractivity contribution in [3.8, 4) is 5.88 Å². The molecule has 0 spiro atoms. The van der Waals surface area contributed by atoms with Gasteiger partial charge in [0, 0.05) is 18.7 Å². The summed E-state index contributed by atoms with van der Waals surface area (Å²) >= 11 is 1.32. The van der Waals surface area contributed by atoms with Crippen molar-refractivity contribution >= 4 is 28.8 Å². The maximum atomic E-state index is 11.0. The Bertz CT molecular complexity index is 665. The molecule has 0 bridgehead atoms. The summed E-state index contributed by atoms with van der Waals surface area (Å²) in [4.78, 5) is 17.2. The van der Waals surface area contributed by atoms with E-state index in [-0.39, 0.29) is 5.91 Å². The zero-order valence-electron chi connectivity index (χ0n) is 12.6.